The van der Waals surface area contributed by atoms with Gasteiger partial charge in [0.15, 0.2) is 5.82 Å². The first-order chi connectivity index (χ1) is 16.5. The fourth-order valence-electron chi connectivity index (χ4n) is 4.36. The van der Waals surface area contributed by atoms with Gasteiger partial charge in [0.25, 0.3) is 0 Å². The fraction of sp³-hybridized carbons (Fsp3) is 0.417. The average Bonchev–Trinajstić information content (AvgIpc) is 3.35. The van der Waals surface area contributed by atoms with E-state index in [1.807, 2.05) is 13.1 Å². The summed E-state index contributed by atoms with van der Waals surface area (Å²) in [5.41, 5.74) is 2.03. The van der Waals surface area contributed by atoms with Crippen molar-refractivity contribution in [3.05, 3.63) is 53.6 Å². The van der Waals surface area contributed by atoms with E-state index in [1.165, 1.54) is 0 Å². The summed E-state index contributed by atoms with van der Waals surface area (Å²) in [6.07, 6.45) is 5.78. The molecule has 2 aliphatic rings. The number of piperazine rings is 1. The number of aromatic nitrogens is 1. The molecular formula is C24H29FN8O. The molecule has 0 aliphatic carbocycles. The van der Waals surface area contributed by atoms with Gasteiger partial charge in [-0.25, -0.2) is 9.18 Å². The van der Waals surface area contributed by atoms with Gasteiger partial charge in [0, 0.05) is 69.0 Å². The first kappa shape index (κ1) is 23.4. The number of carbonyl (C=O) groups is 1. The molecule has 1 aromatic heterocycles. The highest BCUT2D eigenvalue weighted by Gasteiger charge is 2.26. The van der Waals surface area contributed by atoms with Gasteiger partial charge in [-0.3, -0.25) is 9.88 Å². The molecule has 2 aliphatic heterocycles. The summed E-state index contributed by atoms with van der Waals surface area (Å²) < 4.78 is 15.1. The van der Waals surface area contributed by atoms with Crippen molar-refractivity contribution in [2.24, 2.45) is 4.99 Å². The van der Waals surface area contributed by atoms with Gasteiger partial charge in [0.2, 0.25) is 12.2 Å². The predicted molar refractivity (Wildman–Crippen MR) is 129 cm³/mol. The number of urea groups is 1. The standard InChI is InChI=1S/C24H29FN8O/c1-18-15-20(7-8-27-18)29-23(34)30-21-6-4-5-19(22(21)25)16-31-11-13-33(14-12-31)24(28-17-26)32-9-2-3-10-32/h4-8,15H,2-3,9-14,16H2,1H3,(H2,27,29,30,34)/b28-24-. The Morgan fingerprint density at radius 2 is 1.85 bits per heavy atom. The van der Waals surface area contributed by atoms with Crippen molar-refractivity contribution in [3.8, 4) is 6.19 Å². The minimum absolute atomic E-state index is 0.136. The van der Waals surface area contributed by atoms with Gasteiger partial charge in [0.1, 0.15) is 0 Å². The van der Waals surface area contributed by atoms with E-state index in [9.17, 15) is 4.79 Å². The lowest BCUT2D eigenvalue weighted by atomic mass is 10.1. The molecule has 4 rings (SSSR count). The van der Waals surface area contributed by atoms with Crippen molar-refractivity contribution < 1.29 is 9.18 Å². The molecular weight excluding hydrogens is 435 g/mol. The van der Waals surface area contributed by atoms with Gasteiger partial charge >= 0.3 is 6.03 Å². The molecule has 0 radical (unpaired) electrons. The Labute approximate surface area is 198 Å². The first-order valence-corrected chi connectivity index (χ1v) is 11.5. The van der Waals surface area contributed by atoms with Crippen molar-refractivity contribution in [2.75, 3.05) is 49.9 Å². The van der Waals surface area contributed by atoms with Crippen LogP contribution < -0.4 is 10.6 Å². The van der Waals surface area contributed by atoms with Crippen molar-refractivity contribution in [2.45, 2.75) is 26.3 Å². The minimum Gasteiger partial charge on any atom is -0.342 e. The number of hydrogen-bond acceptors (Lipinski definition) is 5. The maximum Gasteiger partial charge on any atom is 0.323 e. The number of aryl methyl sites for hydroxylation is 1. The van der Waals surface area contributed by atoms with Crippen LogP contribution in [0.1, 0.15) is 24.1 Å². The second-order valence-electron chi connectivity index (χ2n) is 8.51. The molecule has 0 atom stereocenters. The number of anilines is 2. The first-order valence-electron chi connectivity index (χ1n) is 11.5. The van der Waals surface area contributed by atoms with Crippen LogP contribution in [0.15, 0.2) is 41.5 Å². The van der Waals surface area contributed by atoms with Crippen molar-refractivity contribution in [1.82, 2.24) is 19.7 Å². The number of amides is 2. The average molecular weight is 465 g/mol. The molecule has 9 nitrogen and oxygen atoms in total. The Bertz CT molecular complexity index is 1080. The zero-order valence-corrected chi connectivity index (χ0v) is 19.3. The van der Waals surface area contributed by atoms with E-state index in [0.717, 1.165) is 63.8 Å². The molecule has 2 N–H and O–H groups in total. The molecule has 34 heavy (non-hydrogen) atoms. The van der Waals surface area contributed by atoms with Crippen LogP contribution in [0.2, 0.25) is 0 Å². The normalized spacial score (nSPS) is 16.9. The van der Waals surface area contributed by atoms with Gasteiger partial charge in [-0.1, -0.05) is 12.1 Å². The van der Waals surface area contributed by atoms with E-state index in [1.54, 1.807) is 36.5 Å². The number of nitriles is 1. The smallest absolute Gasteiger partial charge is 0.323 e. The molecule has 0 unspecified atom stereocenters. The number of likely N-dealkylation sites (tertiary alicyclic amines) is 1. The SMILES string of the molecule is Cc1cc(NC(=O)Nc2cccc(CN3CCN(/C(=N\C#N)N4CCCC4)CC3)c2F)ccn1. The number of aliphatic imine (C=N–C) groups is 1. The lowest BCUT2D eigenvalue weighted by molar-refractivity contribution is 0.163. The van der Waals surface area contributed by atoms with Crippen LogP contribution in [0.4, 0.5) is 20.6 Å². The molecule has 10 heteroatoms. The number of benzene rings is 1. The molecule has 2 saturated heterocycles. The number of rotatable bonds is 4. The van der Waals surface area contributed by atoms with Crippen LogP contribution in [0, 0.1) is 24.2 Å². The van der Waals surface area contributed by atoms with Gasteiger partial charge < -0.3 is 20.4 Å². The molecule has 178 valence electrons. The quantitative estimate of drug-likeness (QED) is 0.409. The van der Waals surface area contributed by atoms with Crippen molar-refractivity contribution in [3.63, 3.8) is 0 Å². The highest BCUT2D eigenvalue weighted by molar-refractivity contribution is 5.99. The van der Waals surface area contributed by atoms with Gasteiger partial charge in [-0.15, -0.1) is 4.99 Å². The minimum atomic E-state index is -0.513. The molecule has 0 spiro atoms. The summed E-state index contributed by atoms with van der Waals surface area (Å²) in [4.78, 5) is 27.0. The second-order valence-corrected chi connectivity index (χ2v) is 8.51. The van der Waals surface area contributed by atoms with Crippen LogP contribution in [0.25, 0.3) is 0 Å². The van der Waals surface area contributed by atoms with Crippen LogP contribution in [-0.2, 0) is 6.54 Å². The number of nitrogens with zero attached hydrogens (tertiary/aromatic N) is 6. The monoisotopic (exact) mass is 464 g/mol. The summed E-state index contributed by atoms with van der Waals surface area (Å²) in [5, 5.41) is 14.4. The number of guanidine groups is 1. The van der Waals surface area contributed by atoms with Gasteiger partial charge in [0.05, 0.1) is 5.69 Å². The number of carbonyl (C=O) groups excluding carboxylic acids is 1. The van der Waals surface area contributed by atoms with Gasteiger partial charge in [-0.05, 0) is 38.0 Å². The maximum atomic E-state index is 15.1. The molecule has 2 amide bonds. The molecule has 0 saturated carbocycles. The van der Waals surface area contributed by atoms with Crippen molar-refractivity contribution >= 4 is 23.4 Å². The second kappa shape index (κ2) is 10.9. The third-order valence-electron chi connectivity index (χ3n) is 6.07. The Kier molecular flexibility index (Phi) is 7.54. The van der Waals surface area contributed by atoms with E-state index < -0.39 is 11.8 Å². The Hall–Kier alpha value is -3.71. The topological polar surface area (TPSA) is 99.9 Å². The molecule has 3 heterocycles. The fourth-order valence-corrected chi connectivity index (χ4v) is 4.36. The summed E-state index contributed by atoms with van der Waals surface area (Å²) in [6.45, 7) is 7.05. The van der Waals surface area contributed by atoms with Gasteiger partial charge in [-0.2, -0.15) is 5.26 Å². The molecule has 1 aromatic carbocycles. The van der Waals surface area contributed by atoms with E-state index in [4.69, 9.17) is 5.26 Å². The zero-order valence-electron chi connectivity index (χ0n) is 19.3. The number of halogens is 1. The summed E-state index contributed by atoms with van der Waals surface area (Å²) in [5.74, 6) is 0.321. The molecule has 0 bridgehead atoms. The highest BCUT2D eigenvalue weighted by Crippen LogP contribution is 2.21. The Morgan fingerprint density at radius 3 is 2.56 bits per heavy atom. The number of hydrogen-bond donors (Lipinski definition) is 2. The lowest BCUT2D eigenvalue weighted by Gasteiger charge is -2.38. The third-order valence-corrected chi connectivity index (χ3v) is 6.07. The highest BCUT2D eigenvalue weighted by atomic mass is 19.1. The van der Waals surface area contributed by atoms with Crippen LogP contribution in [0.5, 0.6) is 0 Å². The zero-order chi connectivity index (χ0) is 23.9. The van der Waals surface area contributed by atoms with Crippen LogP contribution in [-0.4, -0.2) is 70.9 Å². The van der Waals surface area contributed by atoms with E-state index in [0.29, 0.717) is 17.8 Å². The van der Waals surface area contributed by atoms with Crippen molar-refractivity contribution in [1.29, 1.82) is 5.26 Å². The summed E-state index contributed by atoms with van der Waals surface area (Å²) in [7, 11) is 0. The number of nitrogens with one attached hydrogen (secondary N) is 2. The summed E-state index contributed by atoms with van der Waals surface area (Å²) in [6, 6.07) is 7.93. The van der Waals surface area contributed by atoms with E-state index in [2.05, 4.69) is 35.3 Å². The van der Waals surface area contributed by atoms with E-state index >= 15 is 4.39 Å². The molecule has 2 fully saturated rings. The van der Waals surface area contributed by atoms with Crippen LogP contribution >= 0.6 is 0 Å². The van der Waals surface area contributed by atoms with E-state index in [-0.39, 0.29) is 5.69 Å². The largest absolute Gasteiger partial charge is 0.342 e. The Balaban J connectivity index is 1.34. The maximum absolute atomic E-state index is 15.1. The Morgan fingerprint density at radius 1 is 1.12 bits per heavy atom. The molecule has 2 aromatic rings. The lowest BCUT2D eigenvalue weighted by Crippen LogP contribution is -2.52. The third kappa shape index (κ3) is 5.80. The number of pyridine rings is 1. The van der Waals surface area contributed by atoms with Crippen LogP contribution in [0.3, 0.4) is 0 Å². The summed E-state index contributed by atoms with van der Waals surface area (Å²) >= 11 is 0. The predicted octanol–water partition coefficient (Wildman–Crippen LogP) is 3.22.